The molecule has 4 aliphatic carbocycles. The van der Waals surface area contributed by atoms with E-state index in [4.69, 9.17) is 9.47 Å². The molecule has 4 rings (SSSR count). The summed E-state index contributed by atoms with van der Waals surface area (Å²) in [5.41, 5.74) is -4.82. The van der Waals surface area contributed by atoms with Gasteiger partial charge in [-0.2, -0.15) is 0 Å². The van der Waals surface area contributed by atoms with E-state index in [1.54, 1.807) is 26.8 Å². The van der Waals surface area contributed by atoms with Gasteiger partial charge in [0.15, 0.2) is 17.1 Å². The van der Waals surface area contributed by atoms with Gasteiger partial charge in [-0.15, -0.1) is 0 Å². The fourth-order valence-corrected chi connectivity index (χ4v) is 7.95. The number of hydrogen-bond acceptors (Lipinski definition) is 6. The lowest BCUT2D eigenvalue weighted by Gasteiger charge is -2.62. The lowest BCUT2D eigenvalue weighted by atomic mass is 9.44. The third-order valence-electron chi connectivity index (χ3n) is 9.60. The summed E-state index contributed by atoms with van der Waals surface area (Å²) in [4.78, 5) is 38.3. The molecular formula is C27H37FO6. The van der Waals surface area contributed by atoms with Crippen LogP contribution in [-0.4, -0.2) is 53.2 Å². The summed E-state index contributed by atoms with van der Waals surface area (Å²) >= 11 is 0. The number of ketones is 2. The third kappa shape index (κ3) is 3.08. The third-order valence-corrected chi connectivity index (χ3v) is 9.60. The monoisotopic (exact) mass is 476 g/mol. The van der Waals surface area contributed by atoms with Gasteiger partial charge in [-0.25, -0.2) is 4.39 Å². The highest BCUT2D eigenvalue weighted by molar-refractivity contribution is 6.01. The summed E-state index contributed by atoms with van der Waals surface area (Å²) in [7, 11) is 0. The van der Waals surface area contributed by atoms with Crippen LogP contribution in [0.5, 0.6) is 0 Å². The van der Waals surface area contributed by atoms with Crippen molar-refractivity contribution in [3.63, 3.8) is 0 Å². The Morgan fingerprint density at radius 2 is 1.94 bits per heavy atom. The second-order valence-corrected chi connectivity index (χ2v) is 11.0. The Kier molecular flexibility index (Phi) is 6.21. The fourth-order valence-electron chi connectivity index (χ4n) is 7.95. The molecule has 7 heteroatoms. The van der Waals surface area contributed by atoms with Crippen LogP contribution in [0.15, 0.2) is 23.8 Å². The van der Waals surface area contributed by atoms with Crippen LogP contribution >= 0.6 is 0 Å². The molecule has 3 saturated carbocycles. The van der Waals surface area contributed by atoms with Crippen molar-refractivity contribution in [3.05, 3.63) is 23.8 Å². The molecule has 188 valence electrons. The van der Waals surface area contributed by atoms with Crippen LogP contribution in [0.3, 0.4) is 0 Å². The fraction of sp³-hybridized carbons (Fsp3) is 0.741. The molecule has 0 aromatic rings. The lowest BCUT2D eigenvalue weighted by molar-refractivity contribution is -0.228. The minimum atomic E-state index is -1.99. The van der Waals surface area contributed by atoms with Gasteiger partial charge in [-0.3, -0.25) is 14.4 Å². The van der Waals surface area contributed by atoms with E-state index in [1.165, 1.54) is 12.2 Å². The molecule has 1 N–H and O–H groups in total. The number of Topliss-reactive ketones (excluding diaryl/α,β-unsaturated/α-hetero) is 1. The van der Waals surface area contributed by atoms with Crippen molar-refractivity contribution in [1.82, 2.24) is 0 Å². The van der Waals surface area contributed by atoms with Gasteiger partial charge < -0.3 is 14.6 Å². The smallest absolute Gasteiger partial charge is 0.306 e. The van der Waals surface area contributed by atoms with Crippen molar-refractivity contribution in [2.24, 2.45) is 28.6 Å². The summed E-state index contributed by atoms with van der Waals surface area (Å²) < 4.78 is 28.8. The second kappa shape index (κ2) is 8.37. The molecule has 0 spiro atoms. The molecule has 0 unspecified atom stereocenters. The average molecular weight is 477 g/mol. The Labute approximate surface area is 200 Å². The molecule has 0 heterocycles. The first-order valence-corrected chi connectivity index (χ1v) is 12.6. The number of hydrogen-bond donors (Lipinski definition) is 1. The van der Waals surface area contributed by atoms with Crippen LogP contribution in [0.1, 0.15) is 66.7 Å². The van der Waals surface area contributed by atoms with Crippen LogP contribution in [0.2, 0.25) is 0 Å². The first-order chi connectivity index (χ1) is 15.9. The van der Waals surface area contributed by atoms with Gasteiger partial charge >= 0.3 is 5.97 Å². The van der Waals surface area contributed by atoms with Crippen molar-refractivity contribution in [2.45, 2.75) is 84.1 Å². The number of aliphatic hydroxyl groups excluding tert-OH is 1. The summed E-state index contributed by atoms with van der Waals surface area (Å²) in [6.45, 7) is 9.15. The molecule has 0 bridgehead atoms. The summed E-state index contributed by atoms with van der Waals surface area (Å²) in [5, 5.41) is 11.5. The van der Waals surface area contributed by atoms with Gasteiger partial charge in [0.25, 0.3) is 0 Å². The minimum absolute atomic E-state index is 0.0193. The molecule has 34 heavy (non-hydrogen) atoms. The number of allylic oxidation sites excluding steroid dienone is 4. The molecule has 3 fully saturated rings. The van der Waals surface area contributed by atoms with Crippen LogP contribution in [0, 0.1) is 28.6 Å². The maximum atomic E-state index is 17.3. The van der Waals surface area contributed by atoms with Gasteiger partial charge in [0.05, 0.1) is 6.10 Å². The standard InChI is InChI=1S/C27H37FO6/c1-6-23(32)34-27(22(31)15-33-7-2)16(3)12-20-19-9-8-17-13-18(29)10-11-24(17,4)26(19,28)21(30)14-25(20,27)5/h10-11,13,16,19-21,30H,6-9,12,14-15H2,1-5H3/t16-,19+,20+,21+,24+,25+,26+,27+/m1/s1. The minimum Gasteiger partial charge on any atom is -0.450 e. The van der Waals surface area contributed by atoms with E-state index < -0.39 is 40.1 Å². The number of carbonyl (C=O) groups excluding carboxylic acids is 3. The number of fused-ring (bicyclic) bond motifs is 5. The van der Waals surface area contributed by atoms with Gasteiger partial charge in [-0.1, -0.05) is 32.4 Å². The number of rotatable bonds is 6. The van der Waals surface area contributed by atoms with E-state index in [9.17, 15) is 19.5 Å². The number of alkyl halides is 1. The first kappa shape index (κ1) is 25.2. The van der Waals surface area contributed by atoms with Crippen molar-refractivity contribution in [2.75, 3.05) is 13.2 Å². The number of aliphatic hydroxyl groups is 1. The average Bonchev–Trinajstić information content (AvgIpc) is 3.00. The number of esters is 1. The Morgan fingerprint density at radius 1 is 1.24 bits per heavy atom. The molecule has 0 radical (unpaired) electrons. The lowest BCUT2D eigenvalue weighted by Crippen LogP contribution is -2.70. The Morgan fingerprint density at radius 3 is 2.59 bits per heavy atom. The Hall–Kier alpha value is -1.86. The molecular weight excluding hydrogens is 439 g/mol. The van der Waals surface area contributed by atoms with Gasteiger partial charge in [0.2, 0.25) is 5.78 Å². The van der Waals surface area contributed by atoms with Crippen molar-refractivity contribution >= 4 is 17.5 Å². The molecule has 0 aromatic carbocycles. The van der Waals surface area contributed by atoms with Crippen molar-refractivity contribution in [1.29, 1.82) is 0 Å². The summed E-state index contributed by atoms with van der Waals surface area (Å²) in [6.07, 6.45) is 4.73. The van der Waals surface area contributed by atoms with E-state index >= 15 is 4.39 Å². The Balaban J connectivity index is 1.83. The normalized spacial score (nSPS) is 45.1. The summed E-state index contributed by atoms with van der Waals surface area (Å²) in [6, 6.07) is 0. The summed E-state index contributed by atoms with van der Waals surface area (Å²) in [5.74, 6) is -2.15. The van der Waals surface area contributed by atoms with Crippen LogP contribution in [0.25, 0.3) is 0 Å². The van der Waals surface area contributed by atoms with Gasteiger partial charge in [0.1, 0.15) is 6.61 Å². The van der Waals surface area contributed by atoms with Crippen molar-refractivity contribution in [3.8, 4) is 0 Å². The van der Waals surface area contributed by atoms with Crippen LogP contribution in [-0.2, 0) is 23.9 Å². The molecule has 0 aliphatic heterocycles. The van der Waals surface area contributed by atoms with Crippen LogP contribution < -0.4 is 0 Å². The molecule has 4 aliphatic rings. The highest BCUT2D eigenvalue weighted by atomic mass is 19.1. The number of halogens is 1. The van der Waals surface area contributed by atoms with Crippen molar-refractivity contribution < 1.29 is 33.4 Å². The van der Waals surface area contributed by atoms with E-state index in [-0.39, 0.29) is 42.9 Å². The highest BCUT2D eigenvalue weighted by Gasteiger charge is 2.77. The predicted molar refractivity (Wildman–Crippen MR) is 124 cm³/mol. The zero-order valence-electron chi connectivity index (χ0n) is 20.9. The second-order valence-electron chi connectivity index (χ2n) is 11.0. The van der Waals surface area contributed by atoms with E-state index in [2.05, 4.69) is 0 Å². The van der Waals surface area contributed by atoms with Gasteiger partial charge in [0, 0.05) is 35.7 Å². The quantitative estimate of drug-likeness (QED) is 0.585. The number of carbonyl (C=O) groups is 3. The highest BCUT2D eigenvalue weighted by Crippen LogP contribution is 2.71. The maximum Gasteiger partial charge on any atom is 0.306 e. The predicted octanol–water partition coefficient (Wildman–Crippen LogP) is 3.90. The molecule has 0 aromatic heterocycles. The molecule has 8 atom stereocenters. The largest absolute Gasteiger partial charge is 0.450 e. The molecule has 6 nitrogen and oxygen atoms in total. The van der Waals surface area contributed by atoms with E-state index in [0.717, 1.165) is 0 Å². The van der Waals surface area contributed by atoms with Gasteiger partial charge in [-0.05, 0) is 57.6 Å². The maximum absolute atomic E-state index is 17.3. The molecule has 0 saturated heterocycles. The van der Waals surface area contributed by atoms with Crippen LogP contribution in [0.4, 0.5) is 4.39 Å². The topological polar surface area (TPSA) is 89.9 Å². The zero-order valence-corrected chi connectivity index (χ0v) is 20.9. The molecule has 0 amide bonds. The van der Waals surface area contributed by atoms with E-state index in [1.807, 2.05) is 13.8 Å². The van der Waals surface area contributed by atoms with E-state index in [0.29, 0.717) is 31.4 Å². The first-order valence-electron chi connectivity index (χ1n) is 12.6. The Bertz CT molecular complexity index is 957. The zero-order chi connectivity index (χ0) is 25.1. The number of ether oxygens (including phenoxy) is 2. The SMILES string of the molecule is CCOCC(=O)[C@@]1(OC(=O)CC)[C@H](C)C[C@H]2[C@@H]3CCC4=CC(=O)C=C[C@]4(C)[C@@]3(F)[C@@H](O)C[C@@]21C.